The minimum Gasteiger partial charge on any atom is -0.224 e. The molecule has 1 rings (SSSR count). The fourth-order valence-corrected chi connectivity index (χ4v) is 1.35. The molecule has 0 aliphatic rings. The van der Waals surface area contributed by atoms with Crippen LogP contribution in [0.2, 0.25) is 0 Å². The van der Waals surface area contributed by atoms with Crippen molar-refractivity contribution in [1.29, 1.82) is 0 Å². The molecule has 0 saturated heterocycles. The maximum atomic E-state index is 12.4. The molecule has 0 atom stereocenters. The minimum absolute atomic E-state index is 0.0116. The van der Waals surface area contributed by atoms with E-state index in [0.717, 1.165) is 12.3 Å². The molecule has 0 unspecified atom stereocenters. The second kappa shape index (κ2) is 4.97. The van der Waals surface area contributed by atoms with E-state index >= 15 is 0 Å². The summed E-state index contributed by atoms with van der Waals surface area (Å²) in [5.41, 5.74) is 0. The molecule has 74 valence electrons. The Morgan fingerprint density at radius 3 is 2.08 bits per heavy atom. The van der Waals surface area contributed by atoms with Gasteiger partial charge in [-0.1, -0.05) is 19.9 Å². The highest BCUT2D eigenvalue weighted by molar-refractivity contribution is 7.90. The third-order valence-corrected chi connectivity index (χ3v) is 2.33. The second-order valence-corrected chi connectivity index (χ2v) is 4.25. The van der Waals surface area contributed by atoms with Gasteiger partial charge in [-0.3, -0.25) is 0 Å². The molecule has 0 bridgehead atoms. The zero-order valence-electron chi connectivity index (χ0n) is 7.91. The van der Waals surface area contributed by atoms with E-state index in [2.05, 4.69) is 0 Å². The standard InChI is InChI=1S/C7H7FO2S.C2H6/c1-11(9,10)7-4-2-3-6(8)5-7;1-2/h2-5H,1H3;1-2H3. The Morgan fingerprint density at radius 1 is 1.23 bits per heavy atom. The molecular weight excluding hydrogens is 191 g/mol. The van der Waals surface area contributed by atoms with Crippen LogP contribution in [0.25, 0.3) is 0 Å². The predicted octanol–water partition coefficient (Wildman–Crippen LogP) is 2.26. The summed E-state index contributed by atoms with van der Waals surface area (Å²) < 4.78 is 34.1. The van der Waals surface area contributed by atoms with Gasteiger partial charge < -0.3 is 0 Å². The van der Waals surface area contributed by atoms with Crippen LogP contribution in [0.4, 0.5) is 4.39 Å². The van der Waals surface area contributed by atoms with Gasteiger partial charge in [-0.25, -0.2) is 12.8 Å². The summed E-state index contributed by atoms with van der Waals surface area (Å²) in [5, 5.41) is 0. The molecule has 0 heterocycles. The number of sulfone groups is 1. The number of benzene rings is 1. The highest BCUT2D eigenvalue weighted by atomic mass is 32.2. The van der Waals surface area contributed by atoms with Crippen molar-refractivity contribution in [2.45, 2.75) is 18.7 Å². The maximum Gasteiger partial charge on any atom is 0.175 e. The van der Waals surface area contributed by atoms with E-state index < -0.39 is 15.7 Å². The van der Waals surface area contributed by atoms with Crippen molar-refractivity contribution in [3.63, 3.8) is 0 Å². The lowest BCUT2D eigenvalue weighted by Crippen LogP contribution is -1.96. The molecule has 0 N–H and O–H groups in total. The van der Waals surface area contributed by atoms with Crippen molar-refractivity contribution in [2.75, 3.05) is 6.26 Å². The Hall–Kier alpha value is -0.900. The number of hydrogen-bond acceptors (Lipinski definition) is 2. The van der Waals surface area contributed by atoms with Crippen molar-refractivity contribution < 1.29 is 12.8 Å². The van der Waals surface area contributed by atoms with E-state index in [0.29, 0.717) is 0 Å². The highest BCUT2D eigenvalue weighted by Crippen LogP contribution is 2.09. The molecule has 0 amide bonds. The van der Waals surface area contributed by atoms with Crippen LogP contribution in [0.3, 0.4) is 0 Å². The summed E-state index contributed by atoms with van der Waals surface area (Å²) in [6.07, 6.45) is 1.04. The minimum atomic E-state index is -3.27. The van der Waals surface area contributed by atoms with E-state index in [1.165, 1.54) is 18.2 Å². The van der Waals surface area contributed by atoms with Crippen LogP contribution < -0.4 is 0 Å². The molecule has 2 nitrogen and oxygen atoms in total. The van der Waals surface area contributed by atoms with Crippen molar-refractivity contribution in [3.8, 4) is 0 Å². The van der Waals surface area contributed by atoms with Gasteiger partial charge in [0.15, 0.2) is 9.84 Å². The van der Waals surface area contributed by atoms with E-state index in [1.807, 2.05) is 13.8 Å². The van der Waals surface area contributed by atoms with E-state index in [9.17, 15) is 12.8 Å². The Morgan fingerprint density at radius 2 is 1.77 bits per heavy atom. The van der Waals surface area contributed by atoms with Crippen LogP contribution in [-0.4, -0.2) is 14.7 Å². The quantitative estimate of drug-likeness (QED) is 0.703. The molecular formula is C9H13FO2S. The molecule has 0 aromatic heterocycles. The van der Waals surface area contributed by atoms with Crippen LogP contribution in [0, 0.1) is 5.82 Å². The average molecular weight is 204 g/mol. The van der Waals surface area contributed by atoms with Crippen LogP contribution in [-0.2, 0) is 9.84 Å². The number of hydrogen-bond donors (Lipinski definition) is 0. The van der Waals surface area contributed by atoms with Crippen LogP contribution in [0.1, 0.15) is 13.8 Å². The summed E-state index contributed by atoms with van der Waals surface area (Å²) in [7, 11) is -3.27. The fraction of sp³-hybridized carbons (Fsp3) is 0.333. The Labute approximate surface area is 78.3 Å². The molecule has 1 aromatic rings. The van der Waals surface area contributed by atoms with Gasteiger partial charge in [0, 0.05) is 6.26 Å². The van der Waals surface area contributed by atoms with Gasteiger partial charge in [-0.05, 0) is 18.2 Å². The topological polar surface area (TPSA) is 34.1 Å². The zero-order valence-corrected chi connectivity index (χ0v) is 8.73. The third kappa shape index (κ3) is 4.03. The van der Waals surface area contributed by atoms with Crippen molar-refractivity contribution in [3.05, 3.63) is 30.1 Å². The lowest BCUT2D eigenvalue weighted by atomic mass is 10.4. The Kier molecular flexibility index (Phi) is 4.62. The largest absolute Gasteiger partial charge is 0.224 e. The van der Waals surface area contributed by atoms with Crippen LogP contribution in [0.15, 0.2) is 29.2 Å². The SMILES string of the molecule is CC.CS(=O)(=O)c1cccc(F)c1. The van der Waals surface area contributed by atoms with E-state index in [4.69, 9.17) is 0 Å². The molecule has 0 fully saturated rings. The molecule has 0 aliphatic heterocycles. The number of halogens is 1. The lowest BCUT2D eigenvalue weighted by Gasteiger charge is -1.95. The van der Waals surface area contributed by atoms with Gasteiger partial charge in [0.05, 0.1) is 4.90 Å². The third-order valence-electron chi connectivity index (χ3n) is 1.22. The summed E-state index contributed by atoms with van der Waals surface area (Å²) in [6.45, 7) is 4.00. The van der Waals surface area contributed by atoms with Gasteiger partial charge in [-0.2, -0.15) is 0 Å². The first-order chi connectivity index (χ1) is 6.00. The normalized spacial score (nSPS) is 10.2. The van der Waals surface area contributed by atoms with Crippen molar-refractivity contribution in [2.24, 2.45) is 0 Å². The number of rotatable bonds is 1. The summed E-state index contributed by atoms with van der Waals surface area (Å²) in [6, 6.07) is 4.92. The van der Waals surface area contributed by atoms with Gasteiger partial charge >= 0.3 is 0 Å². The molecule has 13 heavy (non-hydrogen) atoms. The first-order valence-corrected chi connectivity index (χ1v) is 5.85. The lowest BCUT2D eigenvalue weighted by molar-refractivity contribution is 0.596. The van der Waals surface area contributed by atoms with Crippen molar-refractivity contribution in [1.82, 2.24) is 0 Å². The molecule has 0 radical (unpaired) electrons. The van der Waals surface area contributed by atoms with Crippen molar-refractivity contribution >= 4 is 9.84 Å². The molecule has 1 aromatic carbocycles. The zero-order chi connectivity index (χ0) is 10.5. The first-order valence-electron chi connectivity index (χ1n) is 3.96. The maximum absolute atomic E-state index is 12.4. The van der Waals surface area contributed by atoms with Crippen LogP contribution >= 0.6 is 0 Å². The molecule has 0 aliphatic carbocycles. The van der Waals surface area contributed by atoms with Gasteiger partial charge in [0.2, 0.25) is 0 Å². The summed E-state index contributed by atoms with van der Waals surface area (Å²) in [5.74, 6) is -0.534. The Balaban J connectivity index is 0.000000671. The van der Waals surface area contributed by atoms with Crippen LogP contribution in [0.5, 0.6) is 0 Å². The molecule has 0 spiro atoms. The summed E-state index contributed by atoms with van der Waals surface area (Å²) in [4.78, 5) is 0.0116. The van der Waals surface area contributed by atoms with Gasteiger partial charge in [-0.15, -0.1) is 0 Å². The Bertz CT molecular complexity index is 358. The highest BCUT2D eigenvalue weighted by Gasteiger charge is 2.06. The predicted molar refractivity (Wildman–Crippen MR) is 50.9 cm³/mol. The van der Waals surface area contributed by atoms with Gasteiger partial charge in [0.1, 0.15) is 5.82 Å². The van der Waals surface area contributed by atoms with Gasteiger partial charge in [0.25, 0.3) is 0 Å². The molecule has 4 heteroatoms. The van der Waals surface area contributed by atoms with E-state index in [-0.39, 0.29) is 4.90 Å². The fourth-order valence-electron chi connectivity index (χ4n) is 0.698. The first kappa shape index (κ1) is 12.1. The van der Waals surface area contributed by atoms with E-state index in [1.54, 1.807) is 0 Å². The smallest absolute Gasteiger partial charge is 0.175 e. The second-order valence-electron chi connectivity index (χ2n) is 2.23. The monoisotopic (exact) mass is 204 g/mol. The summed E-state index contributed by atoms with van der Waals surface area (Å²) >= 11 is 0. The average Bonchev–Trinajstić information content (AvgIpc) is 2.06. The molecule has 0 saturated carbocycles.